The number of aromatic hydroxyl groups is 1. The Morgan fingerprint density at radius 3 is 2.52 bits per heavy atom. The number of phenolic OH excluding ortho intramolecular Hbond substituents is 1. The summed E-state index contributed by atoms with van der Waals surface area (Å²) in [5.41, 5.74) is 2.22. The highest BCUT2D eigenvalue weighted by atomic mass is 16.5. The van der Waals surface area contributed by atoms with Crippen molar-refractivity contribution in [3.63, 3.8) is 0 Å². The van der Waals surface area contributed by atoms with Crippen molar-refractivity contribution >= 4 is 0 Å². The molecule has 2 aromatic rings. The van der Waals surface area contributed by atoms with Crippen LogP contribution in [0.2, 0.25) is 0 Å². The standard InChI is InChI=1S/C24H32N2O3/c1-17-24(5-2-10-25-17)29-23-12-20-15-26(16-21(20)13-23)14-19(4-3-11-27)18-6-8-22(28)9-7-18/h2,5-10,19-21,23,27-28H,3-4,11-16H2,1H3/t19?,20-,21+,23?. The van der Waals surface area contributed by atoms with E-state index in [0.717, 1.165) is 56.8 Å². The van der Waals surface area contributed by atoms with Gasteiger partial charge in [0.15, 0.2) is 0 Å². The van der Waals surface area contributed by atoms with Crippen molar-refractivity contribution in [1.82, 2.24) is 9.88 Å². The molecule has 1 aliphatic carbocycles. The van der Waals surface area contributed by atoms with E-state index in [1.807, 2.05) is 37.4 Å². The summed E-state index contributed by atoms with van der Waals surface area (Å²) in [7, 11) is 0. The van der Waals surface area contributed by atoms with Gasteiger partial charge < -0.3 is 19.8 Å². The van der Waals surface area contributed by atoms with Crippen molar-refractivity contribution in [3.05, 3.63) is 53.9 Å². The number of aromatic nitrogens is 1. The van der Waals surface area contributed by atoms with Gasteiger partial charge in [-0.2, -0.15) is 0 Å². The quantitative estimate of drug-likeness (QED) is 0.712. The lowest BCUT2D eigenvalue weighted by Gasteiger charge is -2.25. The molecule has 5 nitrogen and oxygen atoms in total. The molecular formula is C24H32N2O3. The summed E-state index contributed by atoms with van der Waals surface area (Å²) in [5.74, 6) is 3.03. The second-order valence-electron chi connectivity index (χ2n) is 8.69. The van der Waals surface area contributed by atoms with Crippen LogP contribution >= 0.6 is 0 Å². The highest BCUT2D eigenvalue weighted by Crippen LogP contribution is 2.41. The maximum absolute atomic E-state index is 9.59. The lowest BCUT2D eigenvalue weighted by atomic mass is 9.93. The first kappa shape index (κ1) is 20.2. The van der Waals surface area contributed by atoms with E-state index in [-0.39, 0.29) is 6.61 Å². The van der Waals surface area contributed by atoms with Gasteiger partial charge in [-0.25, -0.2) is 0 Å². The lowest BCUT2D eigenvalue weighted by molar-refractivity contribution is 0.181. The molecule has 0 spiro atoms. The zero-order valence-corrected chi connectivity index (χ0v) is 17.2. The Morgan fingerprint density at radius 1 is 1.14 bits per heavy atom. The predicted octanol–water partition coefficient (Wildman–Crippen LogP) is 3.74. The molecule has 1 saturated carbocycles. The molecule has 0 bridgehead atoms. The predicted molar refractivity (Wildman–Crippen MR) is 113 cm³/mol. The molecule has 1 aromatic carbocycles. The third kappa shape index (κ3) is 4.90. The van der Waals surface area contributed by atoms with Crippen molar-refractivity contribution in [2.24, 2.45) is 11.8 Å². The fourth-order valence-electron chi connectivity index (χ4n) is 5.12. The van der Waals surface area contributed by atoms with Gasteiger partial charge in [0.2, 0.25) is 0 Å². The van der Waals surface area contributed by atoms with Gasteiger partial charge in [0.25, 0.3) is 0 Å². The number of pyridine rings is 1. The van der Waals surface area contributed by atoms with Gasteiger partial charge in [0.1, 0.15) is 11.5 Å². The van der Waals surface area contributed by atoms with E-state index in [9.17, 15) is 10.2 Å². The van der Waals surface area contributed by atoms with Crippen molar-refractivity contribution in [3.8, 4) is 11.5 Å². The first-order valence-electron chi connectivity index (χ1n) is 10.8. The largest absolute Gasteiger partial charge is 0.508 e. The molecular weight excluding hydrogens is 364 g/mol. The van der Waals surface area contributed by atoms with E-state index in [1.165, 1.54) is 5.56 Å². The fourth-order valence-corrected chi connectivity index (χ4v) is 5.12. The fraction of sp³-hybridized carbons (Fsp3) is 0.542. The Hall–Kier alpha value is -2.11. The molecule has 2 unspecified atom stereocenters. The summed E-state index contributed by atoms with van der Waals surface area (Å²) in [5, 5.41) is 18.9. The molecule has 0 amide bonds. The van der Waals surface area contributed by atoms with Gasteiger partial charge in [-0.15, -0.1) is 0 Å². The molecule has 156 valence electrons. The van der Waals surface area contributed by atoms with E-state index in [0.29, 0.717) is 29.6 Å². The topological polar surface area (TPSA) is 65.8 Å². The van der Waals surface area contributed by atoms with Crippen LogP contribution in [-0.4, -0.2) is 52.4 Å². The second kappa shape index (κ2) is 9.14. The Balaban J connectivity index is 1.33. The van der Waals surface area contributed by atoms with Crippen LogP contribution in [0.5, 0.6) is 11.5 Å². The molecule has 2 aliphatic rings. The number of aliphatic hydroxyl groups excluding tert-OH is 1. The van der Waals surface area contributed by atoms with Crippen LogP contribution in [0.4, 0.5) is 0 Å². The van der Waals surface area contributed by atoms with Crippen LogP contribution in [0.25, 0.3) is 0 Å². The van der Waals surface area contributed by atoms with Crippen LogP contribution in [0.15, 0.2) is 42.6 Å². The Kier molecular flexibility index (Phi) is 6.36. The monoisotopic (exact) mass is 396 g/mol. The third-order valence-corrected chi connectivity index (χ3v) is 6.59. The molecule has 2 N–H and O–H groups in total. The van der Waals surface area contributed by atoms with Gasteiger partial charge in [-0.05, 0) is 80.2 Å². The molecule has 1 aliphatic heterocycles. The number of nitrogens with zero attached hydrogens (tertiary/aromatic N) is 2. The van der Waals surface area contributed by atoms with Crippen molar-refractivity contribution in [2.45, 2.75) is 44.6 Å². The minimum absolute atomic E-state index is 0.229. The zero-order chi connectivity index (χ0) is 20.2. The van der Waals surface area contributed by atoms with Crippen LogP contribution < -0.4 is 4.74 Å². The zero-order valence-electron chi connectivity index (χ0n) is 17.2. The number of likely N-dealkylation sites (tertiary alicyclic amines) is 1. The smallest absolute Gasteiger partial charge is 0.140 e. The van der Waals surface area contributed by atoms with Gasteiger partial charge >= 0.3 is 0 Å². The van der Waals surface area contributed by atoms with E-state index in [1.54, 1.807) is 12.1 Å². The summed E-state index contributed by atoms with van der Waals surface area (Å²) in [6.45, 7) is 5.51. The molecule has 0 radical (unpaired) electrons. The summed E-state index contributed by atoms with van der Waals surface area (Å²) in [4.78, 5) is 6.92. The van der Waals surface area contributed by atoms with E-state index in [2.05, 4.69) is 9.88 Å². The number of rotatable bonds is 8. The van der Waals surface area contributed by atoms with Gasteiger partial charge in [-0.1, -0.05) is 12.1 Å². The Morgan fingerprint density at radius 2 is 1.86 bits per heavy atom. The van der Waals surface area contributed by atoms with Crippen molar-refractivity contribution in [1.29, 1.82) is 0 Å². The lowest BCUT2D eigenvalue weighted by Crippen LogP contribution is -2.29. The second-order valence-corrected chi connectivity index (χ2v) is 8.69. The molecule has 2 fully saturated rings. The molecule has 4 atom stereocenters. The minimum atomic E-state index is 0.229. The normalized spacial score (nSPS) is 25.1. The summed E-state index contributed by atoms with van der Waals surface area (Å²) >= 11 is 0. The average molecular weight is 397 g/mol. The summed E-state index contributed by atoms with van der Waals surface area (Å²) < 4.78 is 6.26. The van der Waals surface area contributed by atoms with Gasteiger partial charge in [0, 0.05) is 32.4 Å². The molecule has 29 heavy (non-hydrogen) atoms. The van der Waals surface area contributed by atoms with Gasteiger partial charge in [0.05, 0.1) is 11.8 Å². The number of hydrogen-bond acceptors (Lipinski definition) is 5. The maximum Gasteiger partial charge on any atom is 0.140 e. The van der Waals surface area contributed by atoms with E-state index >= 15 is 0 Å². The van der Waals surface area contributed by atoms with Gasteiger partial charge in [-0.3, -0.25) is 4.98 Å². The summed E-state index contributed by atoms with van der Waals surface area (Å²) in [6.07, 6.45) is 6.14. The van der Waals surface area contributed by atoms with Crippen molar-refractivity contribution in [2.75, 3.05) is 26.2 Å². The Labute approximate surface area is 173 Å². The number of fused-ring (bicyclic) bond motifs is 1. The van der Waals surface area contributed by atoms with Crippen molar-refractivity contribution < 1.29 is 14.9 Å². The van der Waals surface area contributed by atoms with Crippen LogP contribution in [0.1, 0.15) is 42.9 Å². The molecule has 1 aromatic heterocycles. The van der Waals surface area contributed by atoms with Crippen LogP contribution in [-0.2, 0) is 0 Å². The Bertz CT molecular complexity index is 781. The SMILES string of the molecule is Cc1ncccc1OC1C[C@@H]2CN(CC(CCCO)c3ccc(O)cc3)C[C@@H]2C1. The number of hydrogen-bond donors (Lipinski definition) is 2. The number of aliphatic hydroxyl groups is 1. The number of phenols is 1. The maximum atomic E-state index is 9.59. The molecule has 1 saturated heterocycles. The van der Waals surface area contributed by atoms with E-state index < -0.39 is 0 Å². The first-order valence-corrected chi connectivity index (χ1v) is 10.8. The molecule has 2 heterocycles. The number of ether oxygens (including phenoxy) is 1. The molecule has 5 heteroatoms. The highest BCUT2D eigenvalue weighted by Gasteiger charge is 2.42. The number of aryl methyl sites for hydroxylation is 1. The van der Waals surface area contributed by atoms with Crippen LogP contribution in [0.3, 0.4) is 0 Å². The highest BCUT2D eigenvalue weighted by molar-refractivity contribution is 5.29. The minimum Gasteiger partial charge on any atom is -0.508 e. The van der Waals surface area contributed by atoms with E-state index in [4.69, 9.17) is 4.74 Å². The first-order chi connectivity index (χ1) is 14.1. The number of benzene rings is 1. The van der Waals surface area contributed by atoms with Crippen LogP contribution in [0, 0.1) is 18.8 Å². The average Bonchev–Trinajstić information content (AvgIpc) is 3.25. The third-order valence-electron chi connectivity index (χ3n) is 6.59. The summed E-state index contributed by atoms with van der Waals surface area (Å²) in [6, 6.07) is 11.5. The molecule has 4 rings (SSSR count).